The molecule has 0 fully saturated rings. The summed E-state index contributed by atoms with van der Waals surface area (Å²) in [4.78, 5) is 40.5. The number of amides is 2. The highest BCUT2D eigenvalue weighted by Crippen LogP contribution is 2.27. The summed E-state index contributed by atoms with van der Waals surface area (Å²) in [6.07, 6.45) is -0.648. The van der Waals surface area contributed by atoms with Crippen molar-refractivity contribution in [3.05, 3.63) is 99.6 Å². The molecule has 1 aromatic heterocycles. The molecule has 0 aliphatic heterocycles. The number of carbonyl (C=O) groups excluding carboxylic acids is 2. The summed E-state index contributed by atoms with van der Waals surface area (Å²) < 4.78 is 6.21. The van der Waals surface area contributed by atoms with Gasteiger partial charge in [0.1, 0.15) is 12.6 Å². The Bertz CT molecular complexity index is 1360. The van der Waals surface area contributed by atoms with Crippen molar-refractivity contribution >= 4 is 44.4 Å². The van der Waals surface area contributed by atoms with Crippen LogP contribution in [0.2, 0.25) is 0 Å². The summed E-state index contributed by atoms with van der Waals surface area (Å²) in [5.41, 5.74) is 3.23. The van der Waals surface area contributed by atoms with Crippen molar-refractivity contribution in [2.24, 2.45) is 0 Å². The Hall–Kier alpha value is -4.31. The number of rotatable bonds is 8. The second-order valence-corrected chi connectivity index (χ2v) is 8.90. The van der Waals surface area contributed by atoms with E-state index in [0.29, 0.717) is 10.7 Å². The van der Waals surface area contributed by atoms with Gasteiger partial charge in [-0.05, 0) is 35.7 Å². The number of nitro benzene ring substituents is 1. The summed E-state index contributed by atoms with van der Waals surface area (Å²) in [5.74, 6) is -0.476. The fourth-order valence-electron chi connectivity index (χ4n) is 3.38. The maximum Gasteiger partial charge on any atom is 0.408 e. The molecule has 0 radical (unpaired) electrons. The summed E-state index contributed by atoms with van der Waals surface area (Å²) in [6.45, 7) is 2.03. The fraction of sp³-hybridized carbons (Fsp3) is 0.160. The highest BCUT2D eigenvalue weighted by Gasteiger charge is 2.24. The Morgan fingerprint density at radius 3 is 2.51 bits per heavy atom. The molecule has 0 bridgehead atoms. The zero-order valence-corrected chi connectivity index (χ0v) is 19.6. The number of anilines is 1. The van der Waals surface area contributed by atoms with E-state index in [1.165, 1.54) is 23.5 Å². The molecule has 0 spiro atoms. The quantitative estimate of drug-likeness (QED) is 0.265. The third-order valence-corrected chi connectivity index (χ3v) is 6.12. The van der Waals surface area contributed by atoms with E-state index in [0.717, 1.165) is 21.3 Å². The molecule has 3 aromatic carbocycles. The molecule has 0 saturated carbocycles. The maximum atomic E-state index is 13.1. The first-order chi connectivity index (χ1) is 16.9. The lowest BCUT2D eigenvalue weighted by Crippen LogP contribution is -2.45. The average molecular weight is 491 g/mol. The summed E-state index contributed by atoms with van der Waals surface area (Å²) in [7, 11) is 0. The molecule has 4 aromatic rings. The van der Waals surface area contributed by atoms with Crippen LogP contribution in [0, 0.1) is 17.0 Å². The Morgan fingerprint density at radius 1 is 1.06 bits per heavy atom. The van der Waals surface area contributed by atoms with Gasteiger partial charge in [0.2, 0.25) is 5.91 Å². The zero-order valence-electron chi connectivity index (χ0n) is 18.8. The van der Waals surface area contributed by atoms with Gasteiger partial charge < -0.3 is 15.4 Å². The van der Waals surface area contributed by atoms with E-state index < -0.39 is 23.0 Å². The number of thiazole rings is 1. The molecule has 1 atom stereocenters. The van der Waals surface area contributed by atoms with Gasteiger partial charge in [-0.3, -0.25) is 14.9 Å². The number of nitrogens with one attached hydrogen (secondary N) is 2. The highest BCUT2D eigenvalue weighted by atomic mass is 32.1. The number of aromatic nitrogens is 1. The largest absolute Gasteiger partial charge is 0.445 e. The molecule has 178 valence electrons. The Labute approximate surface area is 204 Å². The normalized spacial score (nSPS) is 11.6. The number of non-ortho nitro benzene ring substituents is 1. The lowest BCUT2D eigenvalue weighted by Gasteiger charge is -2.18. The van der Waals surface area contributed by atoms with Crippen LogP contribution in [-0.4, -0.2) is 27.9 Å². The van der Waals surface area contributed by atoms with Crippen molar-refractivity contribution in [1.29, 1.82) is 0 Å². The van der Waals surface area contributed by atoms with Crippen molar-refractivity contribution in [3.8, 4) is 0 Å². The highest BCUT2D eigenvalue weighted by molar-refractivity contribution is 7.22. The van der Waals surface area contributed by atoms with Crippen LogP contribution in [0.25, 0.3) is 10.2 Å². The smallest absolute Gasteiger partial charge is 0.408 e. The molecule has 4 rings (SSSR count). The zero-order chi connectivity index (χ0) is 24.8. The number of nitrogens with zero attached hydrogens (tertiary/aromatic N) is 2. The number of aryl methyl sites for hydroxylation is 1. The number of benzene rings is 3. The van der Waals surface area contributed by atoms with Crippen molar-refractivity contribution in [3.63, 3.8) is 0 Å². The van der Waals surface area contributed by atoms with Crippen molar-refractivity contribution < 1.29 is 19.2 Å². The van der Waals surface area contributed by atoms with E-state index in [9.17, 15) is 19.7 Å². The van der Waals surface area contributed by atoms with Gasteiger partial charge in [-0.25, -0.2) is 9.78 Å². The molecular formula is C25H22N4O5S. The van der Waals surface area contributed by atoms with Crippen LogP contribution in [0.5, 0.6) is 0 Å². The number of fused-ring (bicyclic) bond motifs is 1. The van der Waals surface area contributed by atoms with Gasteiger partial charge in [-0.1, -0.05) is 59.9 Å². The molecule has 0 aliphatic rings. The van der Waals surface area contributed by atoms with Crippen LogP contribution in [-0.2, 0) is 22.6 Å². The van der Waals surface area contributed by atoms with E-state index in [2.05, 4.69) is 15.6 Å². The van der Waals surface area contributed by atoms with Crippen LogP contribution in [0.4, 0.5) is 15.6 Å². The van der Waals surface area contributed by atoms with E-state index in [1.807, 2.05) is 55.5 Å². The van der Waals surface area contributed by atoms with Gasteiger partial charge in [0.25, 0.3) is 5.69 Å². The van der Waals surface area contributed by atoms with E-state index in [4.69, 9.17) is 4.74 Å². The Morgan fingerprint density at radius 2 is 1.80 bits per heavy atom. The van der Waals surface area contributed by atoms with Crippen LogP contribution in [0.3, 0.4) is 0 Å². The monoisotopic (exact) mass is 490 g/mol. The fourth-order valence-corrected chi connectivity index (χ4v) is 4.35. The minimum atomic E-state index is -0.992. The number of carbonyl (C=O) groups is 2. The number of hydrogen-bond donors (Lipinski definition) is 2. The molecule has 9 nitrogen and oxygen atoms in total. The third-order valence-electron chi connectivity index (χ3n) is 5.18. The predicted octanol–water partition coefficient (Wildman–Crippen LogP) is 4.99. The Kier molecular flexibility index (Phi) is 7.32. The second-order valence-electron chi connectivity index (χ2n) is 7.87. The van der Waals surface area contributed by atoms with Crippen molar-refractivity contribution in [2.45, 2.75) is 26.0 Å². The first-order valence-electron chi connectivity index (χ1n) is 10.8. The van der Waals surface area contributed by atoms with Gasteiger partial charge in [0.15, 0.2) is 5.13 Å². The minimum Gasteiger partial charge on any atom is -0.445 e. The molecule has 2 amide bonds. The molecule has 10 heteroatoms. The van der Waals surface area contributed by atoms with Gasteiger partial charge in [0, 0.05) is 18.6 Å². The lowest BCUT2D eigenvalue weighted by molar-refractivity contribution is -0.384. The van der Waals surface area contributed by atoms with E-state index in [1.54, 1.807) is 12.1 Å². The predicted molar refractivity (Wildman–Crippen MR) is 133 cm³/mol. The van der Waals surface area contributed by atoms with Crippen molar-refractivity contribution in [2.75, 3.05) is 5.32 Å². The molecule has 2 N–H and O–H groups in total. The first-order valence-corrected chi connectivity index (χ1v) is 11.6. The van der Waals surface area contributed by atoms with Gasteiger partial charge in [0.05, 0.1) is 15.1 Å². The SMILES string of the molecule is Cc1ccc2nc(NC(=O)[C@H](Cc3ccc([N+](=O)[O-])cc3)NC(=O)OCc3ccccc3)sc2c1. The van der Waals surface area contributed by atoms with Crippen LogP contribution < -0.4 is 10.6 Å². The number of nitro groups is 1. The van der Waals surface area contributed by atoms with Gasteiger partial charge in [-0.15, -0.1) is 0 Å². The maximum absolute atomic E-state index is 13.1. The van der Waals surface area contributed by atoms with Gasteiger partial charge in [-0.2, -0.15) is 0 Å². The average Bonchev–Trinajstić information content (AvgIpc) is 3.24. The Balaban J connectivity index is 1.48. The van der Waals surface area contributed by atoms with Crippen LogP contribution >= 0.6 is 11.3 Å². The standard InChI is InChI=1S/C25H22N4O5S/c1-16-7-12-20-22(13-16)35-24(26-20)28-23(30)21(14-17-8-10-19(11-9-17)29(32)33)27-25(31)34-15-18-5-3-2-4-6-18/h2-13,21H,14-15H2,1H3,(H,27,31)(H,26,28,30)/t21-/m0/s1. The minimum absolute atomic E-state index is 0.0514. The molecule has 0 saturated heterocycles. The number of hydrogen-bond acceptors (Lipinski definition) is 7. The van der Waals surface area contributed by atoms with Crippen molar-refractivity contribution in [1.82, 2.24) is 10.3 Å². The summed E-state index contributed by atoms with van der Waals surface area (Å²) in [5, 5.41) is 16.7. The molecule has 0 unspecified atom stereocenters. The lowest BCUT2D eigenvalue weighted by atomic mass is 10.0. The molecular weight excluding hydrogens is 468 g/mol. The molecule has 0 aliphatic carbocycles. The first kappa shape index (κ1) is 23.8. The van der Waals surface area contributed by atoms with E-state index >= 15 is 0 Å². The molecule has 35 heavy (non-hydrogen) atoms. The summed E-state index contributed by atoms with van der Waals surface area (Å²) >= 11 is 1.33. The topological polar surface area (TPSA) is 123 Å². The second kappa shape index (κ2) is 10.7. The number of ether oxygens (including phenoxy) is 1. The third kappa shape index (κ3) is 6.39. The summed E-state index contributed by atoms with van der Waals surface area (Å²) in [6, 6.07) is 19.8. The van der Waals surface area contributed by atoms with Crippen LogP contribution in [0.15, 0.2) is 72.8 Å². The van der Waals surface area contributed by atoms with Gasteiger partial charge >= 0.3 is 6.09 Å². The van der Waals surface area contributed by atoms with E-state index in [-0.39, 0.29) is 18.7 Å². The van der Waals surface area contributed by atoms with Crippen LogP contribution in [0.1, 0.15) is 16.7 Å². The number of alkyl carbamates (subject to hydrolysis) is 1. The molecule has 1 heterocycles.